The van der Waals surface area contributed by atoms with Gasteiger partial charge in [-0.3, -0.25) is 4.79 Å². The molecule has 2 N–H and O–H groups in total. The van der Waals surface area contributed by atoms with Crippen LogP contribution in [-0.2, 0) is 21.8 Å². The lowest BCUT2D eigenvalue weighted by molar-refractivity contribution is -0.141. The molecule has 4 aromatic rings. The number of rotatable bonds is 9. The number of fused-ring (bicyclic) bond motifs is 2. The van der Waals surface area contributed by atoms with Gasteiger partial charge in [0.05, 0.1) is 0 Å². The number of furan rings is 1. The van der Waals surface area contributed by atoms with Gasteiger partial charge >= 0.3 is 11.6 Å². The minimum absolute atomic E-state index is 0.0175. The van der Waals surface area contributed by atoms with Gasteiger partial charge in [-0.2, -0.15) is 11.8 Å². The first-order valence-electron chi connectivity index (χ1n) is 11.3. The highest BCUT2D eigenvalue weighted by Crippen LogP contribution is 2.31. The summed E-state index contributed by atoms with van der Waals surface area (Å²) in [7, 11) is 0. The third-order valence-corrected chi connectivity index (χ3v) is 7.32. The predicted octanol–water partition coefficient (Wildman–Crippen LogP) is 4.90. The van der Waals surface area contributed by atoms with E-state index < -0.39 is 23.5 Å². The van der Waals surface area contributed by atoms with Crippen LogP contribution in [0.1, 0.15) is 34.4 Å². The summed E-state index contributed by atoms with van der Waals surface area (Å²) in [6.07, 6.45) is 0.136. The maximum Gasteiger partial charge on any atom is 0.339 e. The predicted molar refractivity (Wildman–Crippen MR) is 137 cm³/mol. The zero-order valence-electron chi connectivity index (χ0n) is 19.8. The number of hydrogen-bond donors (Lipinski definition) is 2. The van der Waals surface area contributed by atoms with Crippen molar-refractivity contribution in [2.75, 3.05) is 5.75 Å². The second kappa shape index (κ2) is 10.4. The van der Waals surface area contributed by atoms with E-state index in [0.29, 0.717) is 22.5 Å². The standard InChI is InChI=1S/C27H27NO6S/c1-15-17(3)33-23-12-24-21(11-20(15)23)16(2)19(27(32)34-24)9-10-25(29)28-22(26(30)31)14-35-13-18-7-5-4-6-8-18/h4-8,11-12,22H,9-10,13-14H2,1-3H3,(H,28,29)(H,30,31)/t22-/m1/s1. The fourth-order valence-electron chi connectivity index (χ4n) is 4.06. The van der Waals surface area contributed by atoms with Gasteiger partial charge in [0.15, 0.2) is 0 Å². The molecule has 2 aromatic carbocycles. The van der Waals surface area contributed by atoms with Crippen LogP contribution in [0.4, 0.5) is 0 Å². The zero-order chi connectivity index (χ0) is 25.1. The molecule has 7 nitrogen and oxygen atoms in total. The molecule has 4 rings (SSSR count). The molecule has 0 aliphatic heterocycles. The summed E-state index contributed by atoms with van der Waals surface area (Å²) >= 11 is 1.44. The third-order valence-electron chi connectivity index (χ3n) is 6.21. The molecule has 0 aliphatic rings. The molecule has 1 atom stereocenters. The summed E-state index contributed by atoms with van der Waals surface area (Å²) in [4.78, 5) is 36.8. The van der Waals surface area contributed by atoms with E-state index in [1.165, 1.54) is 11.8 Å². The zero-order valence-corrected chi connectivity index (χ0v) is 20.7. The van der Waals surface area contributed by atoms with Crippen molar-refractivity contribution in [3.05, 3.63) is 80.9 Å². The van der Waals surface area contributed by atoms with Gasteiger partial charge in [-0.05, 0) is 49.9 Å². The summed E-state index contributed by atoms with van der Waals surface area (Å²) in [6, 6.07) is 12.4. The second-order valence-electron chi connectivity index (χ2n) is 8.58. The molecule has 182 valence electrons. The van der Waals surface area contributed by atoms with Gasteiger partial charge in [-0.25, -0.2) is 9.59 Å². The largest absolute Gasteiger partial charge is 0.480 e. The van der Waals surface area contributed by atoms with Crippen molar-refractivity contribution in [1.29, 1.82) is 0 Å². The van der Waals surface area contributed by atoms with Crippen molar-refractivity contribution >= 4 is 45.6 Å². The average Bonchev–Trinajstić information content (AvgIpc) is 3.10. The first-order chi connectivity index (χ1) is 16.7. The Balaban J connectivity index is 1.44. The van der Waals surface area contributed by atoms with E-state index in [2.05, 4.69) is 5.32 Å². The maximum absolute atomic E-state index is 12.7. The summed E-state index contributed by atoms with van der Waals surface area (Å²) in [6.45, 7) is 5.70. The Morgan fingerprint density at radius 1 is 1.00 bits per heavy atom. The van der Waals surface area contributed by atoms with Crippen molar-refractivity contribution < 1.29 is 23.5 Å². The van der Waals surface area contributed by atoms with Gasteiger partial charge in [-0.1, -0.05) is 30.3 Å². The fourth-order valence-corrected chi connectivity index (χ4v) is 5.07. The average molecular weight is 494 g/mol. The van der Waals surface area contributed by atoms with Crippen LogP contribution in [0.2, 0.25) is 0 Å². The molecule has 0 saturated carbocycles. The van der Waals surface area contributed by atoms with E-state index in [1.54, 1.807) is 6.07 Å². The maximum atomic E-state index is 12.7. The van der Waals surface area contributed by atoms with Crippen molar-refractivity contribution in [2.45, 2.75) is 45.4 Å². The summed E-state index contributed by atoms with van der Waals surface area (Å²) in [5, 5.41) is 13.8. The molecule has 0 fully saturated rings. The van der Waals surface area contributed by atoms with Crippen LogP contribution in [-0.4, -0.2) is 28.8 Å². The number of carbonyl (C=O) groups is 2. The molecule has 0 radical (unpaired) electrons. The normalized spacial score (nSPS) is 12.2. The molecule has 1 amide bonds. The number of carboxylic acid groups (broad SMARTS) is 1. The van der Waals surface area contributed by atoms with E-state index in [0.717, 1.165) is 33.2 Å². The molecule has 2 heterocycles. The van der Waals surface area contributed by atoms with Crippen LogP contribution in [0.3, 0.4) is 0 Å². The lowest BCUT2D eigenvalue weighted by Gasteiger charge is -2.14. The van der Waals surface area contributed by atoms with E-state index in [9.17, 15) is 19.5 Å². The Labute approximate surface area is 206 Å². The van der Waals surface area contributed by atoms with Crippen LogP contribution in [0, 0.1) is 20.8 Å². The highest BCUT2D eigenvalue weighted by atomic mass is 32.2. The number of benzene rings is 2. The Morgan fingerprint density at radius 3 is 2.40 bits per heavy atom. The molecular weight excluding hydrogens is 466 g/mol. The molecule has 0 saturated heterocycles. The van der Waals surface area contributed by atoms with Crippen molar-refractivity contribution in [3.63, 3.8) is 0 Å². The van der Waals surface area contributed by atoms with Gasteiger partial charge in [0, 0.05) is 40.3 Å². The molecule has 0 aliphatic carbocycles. The lowest BCUT2D eigenvalue weighted by atomic mass is 10.0. The topological polar surface area (TPSA) is 110 Å². The third kappa shape index (κ3) is 5.43. The quantitative estimate of drug-likeness (QED) is 0.319. The number of carboxylic acids is 1. The summed E-state index contributed by atoms with van der Waals surface area (Å²) in [5.41, 5.74) is 3.86. The van der Waals surface area contributed by atoms with Crippen LogP contribution in [0.25, 0.3) is 21.9 Å². The Morgan fingerprint density at radius 2 is 1.69 bits per heavy atom. The van der Waals surface area contributed by atoms with Crippen LogP contribution >= 0.6 is 11.8 Å². The fraction of sp³-hybridized carbons (Fsp3) is 0.296. The number of amides is 1. The number of nitrogens with one attached hydrogen (secondary N) is 1. The molecule has 35 heavy (non-hydrogen) atoms. The number of carbonyl (C=O) groups excluding carboxylic acids is 1. The number of aryl methyl sites for hydroxylation is 3. The second-order valence-corrected chi connectivity index (χ2v) is 9.61. The highest BCUT2D eigenvalue weighted by molar-refractivity contribution is 7.98. The minimum atomic E-state index is -1.09. The first kappa shape index (κ1) is 24.6. The van der Waals surface area contributed by atoms with Gasteiger partial charge < -0.3 is 19.3 Å². The monoisotopic (exact) mass is 493 g/mol. The number of thioether (sulfide) groups is 1. The number of aliphatic carboxylic acids is 1. The lowest BCUT2D eigenvalue weighted by Crippen LogP contribution is -2.42. The summed E-state index contributed by atoms with van der Waals surface area (Å²) in [5.74, 6) is 0.193. The van der Waals surface area contributed by atoms with Crippen molar-refractivity contribution in [1.82, 2.24) is 5.32 Å². The Hall–Kier alpha value is -3.52. The molecule has 0 bridgehead atoms. The summed E-state index contributed by atoms with van der Waals surface area (Å²) < 4.78 is 11.3. The molecular formula is C27H27NO6S. The van der Waals surface area contributed by atoms with Crippen LogP contribution < -0.4 is 10.9 Å². The smallest absolute Gasteiger partial charge is 0.339 e. The van der Waals surface area contributed by atoms with E-state index >= 15 is 0 Å². The van der Waals surface area contributed by atoms with Crippen LogP contribution in [0.15, 0.2) is 56.1 Å². The van der Waals surface area contributed by atoms with Gasteiger partial charge in [0.2, 0.25) is 5.91 Å². The Kier molecular flexibility index (Phi) is 7.31. The highest BCUT2D eigenvalue weighted by Gasteiger charge is 2.21. The van der Waals surface area contributed by atoms with E-state index in [-0.39, 0.29) is 18.6 Å². The minimum Gasteiger partial charge on any atom is -0.480 e. The van der Waals surface area contributed by atoms with Crippen molar-refractivity contribution in [2.24, 2.45) is 0 Å². The van der Waals surface area contributed by atoms with Crippen molar-refractivity contribution in [3.8, 4) is 0 Å². The molecule has 0 spiro atoms. The number of hydrogen-bond acceptors (Lipinski definition) is 6. The first-order valence-corrected chi connectivity index (χ1v) is 12.5. The molecule has 0 unspecified atom stereocenters. The van der Waals surface area contributed by atoms with E-state index in [1.807, 2.05) is 57.2 Å². The van der Waals surface area contributed by atoms with Crippen LogP contribution in [0.5, 0.6) is 0 Å². The van der Waals surface area contributed by atoms with Gasteiger partial charge in [0.25, 0.3) is 0 Å². The van der Waals surface area contributed by atoms with Gasteiger partial charge in [-0.15, -0.1) is 0 Å². The van der Waals surface area contributed by atoms with E-state index in [4.69, 9.17) is 8.83 Å². The Bertz CT molecular complexity index is 1450. The SMILES string of the molecule is Cc1oc2cc3oc(=O)c(CCC(=O)N[C@H](CSCc4ccccc4)C(=O)O)c(C)c3cc2c1C. The molecule has 8 heteroatoms. The molecule has 2 aromatic heterocycles. The van der Waals surface area contributed by atoms with Gasteiger partial charge in [0.1, 0.15) is 23.0 Å².